The SMILES string of the molecule is Cc1cc(C)cc(OS(=O)(=O)c2ccccc2)c1. The lowest BCUT2D eigenvalue weighted by molar-refractivity contribution is 0.485. The van der Waals surface area contributed by atoms with E-state index in [9.17, 15) is 8.42 Å². The van der Waals surface area contributed by atoms with Crippen LogP contribution in [0.25, 0.3) is 0 Å². The van der Waals surface area contributed by atoms with Crippen molar-refractivity contribution in [3.05, 3.63) is 59.7 Å². The van der Waals surface area contributed by atoms with E-state index in [2.05, 4.69) is 0 Å². The third-order valence-corrected chi connectivity index (χ3v) is 3.69. The van der Waals surface area contributed by atoms with E-state index >= 15 is 0 Å². The molecule has 0 radical (unpaired) electrons. The van der Waals surface area contributed by atoms with Crippen LogP contribution in [0.2, 0.25) is 0 Å². The third-order valence-electron chi connectivity index (χ3n) is 2.43. The minimum Gasteiger partial charge on any atom is -0.379 e. The molecular weight excluding hydrogens is 248 g/mol. The van der Waals surface area contributed by atoms with Crippen molar-refractivity contribution in [2.45, 2.75) is 18.7 Å². The fraction of sp³-hybridized carbons (Fsp3) is 0.143. The molecule has 0 N–H and O–H groups in total. The van der Waals surface area contributed by atoms with Gasteiger partial charge in [-0.3, -0.25) is 0 Å². The highest BCUT2D eigenvalue weighted by atomic mass is 32.2. The summed E-state index contributed by atoms with van der Waals surface area (Å²) in [5, 5.41) is 0. The van der Waals surface area contributed by atoms with E-state index in [1.807, 2.05) is 19.9 Å². The molecule has 0 aromatic heterocycles. The fourth-order valence-electron chi connectivity index (χ4n) is 1.74. The Bertz CT molecular complexity index is 626. The van der Waals surface area contributed by atoms with Crippen molar-refractivity contribution < 1.29 is 12.6 Å². The molecule has 2 rings (SSSR count). The molecule has 94 valence electrons. The van der Waals surface area contributed by atoms with Gasteiger partial charge in [-0.2, -0.15) is 8.42 Å². The first-order valence-electron chi connectivity index (χ1n) is 5.55. The van der Waals surface area contributed by atoms with E-state index in [0.29, 0.717) is 5.75 Å². The molecule has 0 atom stereocenters. The molecule has 0 aliphatic heterocycles. The highest BCUT2D eigenvalue weighted by Gasteiger charge is 2.16. The molecule has 0 aliphatic carbocycles. The molecule has 0 aliphatic rings. The van der Waals surface area contributed by atoms with Crippen LogP contribution in [0, 0.1) is 13.8 Å². The molecule has 3 nitrogen and oxygen atoms in total. The summed E-state index contributed by atoms with van der Waals surface area (Å²) >= 11 is 0. The molecule has 2 aromatic rings. The number of hydrogen-bond acceptors (Lipinski definition) is 3. The normalized spacial score (nSPS) is 11.2. The fourth-order valence-corrected chi connectivity index (χ4v) is 2.68. The summed E-state index contributed by atoms with van der Waals surface area (Å²) < 4.78 is 29.1. The number of rotatable bonds is 3. The van der Waals surface area contributed by atoms with Gasteiger partial charge in [-0.15, -0.1) is 0 Å². The monoisotopic (exact) mass is 262 g/mol. The molecular formula is C14H14O3S. The molecule has 0 saturated heterocycles. The van der Waals surface area contributed by atoms with Gasteiger partial charge in [0.1, 0.15) is 10.6 Å². The predicted molar refractivity (Wildman–Crippen MR) is 70.2 cm³/mol. The Kier molecular flexibility index (Phi) is 3.39. The van der Waals surface area contributed by atoms with Crippen LogP contribution < -0.4 is 4.18 Å². The third kappa shape index (κ3) is 2.90. The number of benzene rings is 2. The van der Waals surface area contributed by atoms with Crippen molar-refractivity contribution in [1.29, 1.82) is 0 Å². The van der Waals surface area contributed by atoms with Crippen LogP contribution in [-0.4, -0.2) is 8.42 Å². The average Bonchev–Trinajstić information content (AvgIpc) is 2.28. The van der Waals surface area contributed by atoms with Crippen molar-refractivity contribution in [1.82, 2.24) is 0 Å². The van der Waals surface area contributed by atoms with Gasteiger partial charge >= 0.3 is 10.1 Å². The van der Waals surface area contributed by atoms with E-state index in [4.69, 9.17) is 4.18 Å². The Morgan fingerprint density at radius 2 is 1.44 bits per heavy atom. The molecule has 0 amide bonds. The quantitative estimate of drug-likeness (QED) is 0.798. The zero-order valence-electron chi connectivity index (χ0n) is 10.3. The van der Waals surface area contributed by atoms with Crippen LogP contribution in [0.3, 0.4) is 0 Å². The maximum absolute atomic E-state index is 12.0. The van der Waals surface area contributed by atoms with Crippen molar-refractivity contribution in [2.24, 2.45) is 0 Å². The van der Waals surface area contributed by atoms with Crippen LogP contribution in [0.4, 0.5) is 0 Å². The van der Waals surface area contributed by atoms with E-state index in [0.717, 1.165) is 11.1 Å². The lowest BCUT2D eigenvalue weighted by Gasteiger charge is -2.08. The van der Waals surface area contributed by atoms with E-state index < -0.39 is 10.1 Å². The molecule has 4 heteroatoms. The van der Waals surface area contributed by atoms with Crippen LogP contribution in [0.1, 0.15) is 11.1 Å². The highest BCUT2D eigenvalue weighted by Crippen LogP contribution is 2.21. The first-order chi connectivity index (χ1) is 8.47. The van der Waals surface area contributed by atoms with Gasteiger partial charge in [-0.25, -0.2) is 0 Å². The molecule has 2 aromatic carbocycles. The van der Waals surface area contributed by atoms with Gasteiger partial charge in [-0.05, 0) is 49.2 Å². The van der Waals surface area contributed by atoms with Gasteiger partial charge in [0.2, 0.25) is 0 Å². The van der Waals surface area contributed by atoms with Gasteiger partial charge in [0.25, 0.3) is 0 Å². The molecule has 0 heterocycles. The topological polar surface area (TPSA) is 43.4 Å². The minimum absolute atomic E-state index is 0.157. The Morgan fingerprint density at radius 1 is 0.889 bits per heavy atom. The van der Waals surface area contributed by atoms with Crippen molar-refractivity contribution in [3.8, 4) is 5.75 Å². The lowest BCUT2D eigenvalue weighted by atomic mass is 10.1. The molecule has 0 bridgehead atoms. The summed E-state index contributed by atoms with van der Waals surface area (Å²) in [6, 6.07) is 13.5. The van der Waals surface area contributed by atoms with Crippen molar-refractivity contribution in [2.75, 3.05) is 0 Å². The standard InChI is InChI=1S/C14H14O3S/c1-11-8-12(2)10-13(9-11)17-18(15,16)14-6-4-3-5-7-14/h3-10H,1-2H3. The van der Waals surface area contributed by atoms with E-state index in [1.165, 1.54) is 12.1 Å². The predicted octanol–water partition coefficient (Wildman–Crippen LogP) is 3.07. The molecule has 18 heavy (non-hydrogen) atoms. The summed E-state index contributed by atoms with van der Waals surface area (Å²) in [5.41, 5.74) is 1.93. The summed E-state index contributed by atoms with van der Waals surface area (Å²) in [5.74, 6) is 0.344. The van der Waals surface area contributed by atoms with Crippen LogP contribution in [0.5, 0.6) is 5.75 Å². The first-order valence-corrected chi connectivity index (χ1v) is 6.96. The van der Waals surface area contributed by atoms with E-state index in [1.54, 1.807) is 30.3 Å². The molecule has 0 saturated carbocycles. The largest absolute Gasteiger partial charge is 0.379 e. The van der Waals surface area contributed by atoms with Gasteiger partial charge in [0.15, 0.2) is 0 Å². The maximum Gasteiger partial charge on any atom is 0.339 e. The lowest BCUT2D eigenvalue weighted by Crippen LogP contribution is -2.09. The van der Waals surface area contributed by atoms with Crippen molar-refractivity contribution >= 4 is 10.1 Å². The Morgan fingerprint density at radius 3 is 2.00 bits per heavy atom. The minimum atomic E-state index is -3.75. The number of aryl methyl sites for hydroxylation is 2. The van der Waals surface area contributed by atoms with Crippen molar-refractivity contribution in [3.63, 3.8) is 0 Å². The van der Waals surface area contributed by atoms with Gasteiger partial charge in [0.05, 0.1) is 0 Å². The maximum atomic E-state index is 12.0. The van der Waals surface area contributed by atoms with Gasteiger partial charge < -0.3 is 4.18 Å². The number of hydrogen-bond donors (Lipinski definition) is 0. The Labute approximate surface area is 107 Å². The Hall–Kier alpha value is -1.81. The second-order valence-electron chi connectivity index (χ2n) is 4.17. The highest BCUT2D eigenvalue weighted by molar-refractivity contribution is 7.87. The Balaban J connectivity index is 2.34. The van der Waals surface area contributed by atoms with Crippen LogP contribution in [0.15, 0.2) is 53.4 Å². The molecule has 0 spiro atoms. The first kappa shape index (κ1) is 12.6. The summed E-state index contributed by atoms with van der Waals surface area (Å²) in [7, 11) is -3.75. The second kappa shape index (κ2) is 4.82. The molecule has 0 fully saturated rings. The smallest absolute Gasteiger partial charge is 0.339 e. The summed E-state index contributed by atoms with van der Waals surface area (Å²) in [4.78, 5) is 0.157. The summed E-state index contributed by atoms with van der Waals surface area (Å²) in [6.07, 6.45) is 0. The van der Waals surface area contributed by atoms with Crippen LogP contribution in [-0.2, 0) is 10.1 Å². The zero-order chi connectivity index (χ0) is 13.2. The second-order valence-corrected chi connectivity index (χ2v) is 5.72. The zero-order valence-corrected chi connectivity index (χ0v) is 11.1. The summed E-state index contributed by atoms with van der Waals surface area (Å²) in [6.45, 7) is 3.80. The van der Waals surface area contributed by atoms with Crippen LogP contribution >= 0.6 is 0 Å². The molecule has 0 unspecified atom stereocenters. The average molecular weight is 262 g/mol. The van der Waals surface area contributed by atoms with Gasteiger partial charge in [-0.1, -0.05) is 24.3 Å². The van der Waals surface area contributed by atoms with Gasteiger partial charge in [0, 0.05) is 0 Å². The van der Waals surface area contributed by atoms with E-state index in [-0.39, 0.29) is 4.90 Å².